The van der Waals surface area contributed by atoms with Crippen molar-refractivity contribution in [3.05, 3.63) is 0 Å². The van der Waals surface area contributed by atoms with Crippen LogP contribution in [0.25, 0.3) is 0 Å². The zero-order valence-electron chi connectivity index (χ0n) is 9.91. The Morgan fingerprint density at radius 3 is 2.53 bits per heavy atom. The Kier molecular flexibility index (Phi) is 3.65. The van der Waals surface area contributed by atoms with Crippen LogP contribution in [0.2, 0.25) is 0 Å². The van der Waals surface area contributed by atoms with Crippen molar-refractivity contribution in [1.82, 2.24) is 9.80 Å². The molecule has 2 aliphatic heterocycles. The van der Waals surface area contributed by atoms with Crippen molar-refractivity contribution >= 4 is 0 Å². The molecular weight excluding hydrogens is 188 g/mol. The largest absolute Gasteiger partial charge is 0.389 e. The van der Waals surface area contributed by atoms with Crippen LogP contribution in [-0.4, -0.2) is 60.3 Å². The summed E-state index contributed by atoms with van der Waals surface area (Å²) in [6.07, 6.45) is 5.78. The number of hydrogen-bond donors (Lipinski definition) is 1. The second-order valence-corrected chi connectivity index (χ2v) is 5.36. The van der Waals surface area contributed by atoms with Gasteiger partial charge in [-0.15, -0.1) is 0 Å². The third-order valence-electron chi connectivity index (χ3n) is 3.84. The fraction of sp³-hybridized carbons (Fsp3) is 1.00. The lowest BCUT2D eigenvalue weighted by atomic mass is 9.90. The Bertz CT molecular complexity index is 204. The molecule has 1 unspecified atom stereocenters. The molecule has 0 aromatic heterocycles. The van der Waals surface area contributed by atoms with Crippen LogP contribution in [0.4, 0.5) is 0 Å². The van der Waals surface area contributed by atoms with Crippen LogP contribution in [-0.2, 0) is 0 Å². The molecule has 1 N–H and O–H groups in total. The summed E-state index contributed by atoms with van der Waals surface area (Å²) in [5, 5.41) is 10.4. The molecule has 0 spiro atoms. The minimum absolute atomic E-state index is 0.407. The predicted molar refractivity (Wildman–Crippen MR) is 62.0 cm³/mol. The van der Waals surface area contributed by atoms with Crippen molar-refractivity contribution in [2.75, 3.05) is 39.8 Å². The van der Waals surface area contributed by atoms with Gasteiger partial charge in [-0.25, -0.2) is 0 Å². The fourth-order valence-electron chi connectivity index (χ4n) is 2.92. The highest BCUT2D eigenvalue weighted by atomic mass is 16.3. The first-order chi connectivity index (χ1) is 7.18. The Balaban J connectivity index is 1.76. The van der Waals surface area contributed by atoms with E-state index >= 15 is 0 Å². The second kappa shape index (κ2) is 4.81. The summed E-state index contributed by atoms with van der Waals surface area (Å²) in [5.74, 6) is 0. The van der Waals surface area contributed by atoms with Crippen molar-refractivity contribution in [2.24, 2.45) is 0 Å². The summed E-state index contributed by atoms with van der Waals surface area (Å²) in [5.41, 5.74) is -0.407. The van der Waals surface area contributed by atoms with E-state index in [1.807, 2.05) is 0 Å². The quantitative estimate of drug-likeness (QED) is 0.754. The topological polar surface area (TPSA) is 26.7 Å². The zero-order chi connectivity index (χ0) is 10.7. The summed E-state index contributed by atoms with van der Waals surface area (Å²) >= 11 is 0. The predicted octanol–water partition coefficient (Wildman–Crippen LogP) is 0.929. The maximum atomic E-state index is 10.4. The molecule has 2 fully saturated rings. The third-order valence-corrected chi connectivity index (χ3v) is 3.84. The number of β-amino-alcohol motifs (C(OH)–C–C–N with tert-alkyl or cyclic N) is 1. The van der Waals surface area contributed by atoms with Gasteiger partial charge in [0.25, 0.3) is 0 Å². The van der Waals surface area contributed by atoms with Crippen LogP contribution in [0.3, 0.4) is 0 Å². The number of piperidine rings is 1. The number of nitrogens with zero attached hydrogens (tertiary/aromatic N) is 2. The van der Waals surface area contributed by atoms with Gasteiger partial charge in [-0.1, -0.05) is 0 Å². The molecule has 2 heterocycles. The van der Waals surface area contributed by atoms with Crippen molar-refractivity contribution < 1.29 is 5.11 Å². The van der Waals surface area contributed by atoms with Crippen molar-refractivity contribution in [3.63, 3.8) is 0 Å². The van der Waals surface area contributed by atoms with E-state index in [0.29, 0.717) is 0 Å². The van der Waals surface area contributed by atoms with E-state index in [1.54, 1.807) is 0 Å². The van der Waals surface area contributed by atoms with E-state index < -0.39 is 5.60 Å². The van der Waals surface area contributed by atoms with Crippen LogP contribution < -0.4 is 0 Å². The molecule has 0 bridgehead atoms. The third kappa shape index (κ3) is 3.16. The molecule has 0 saturated carbocycles. The molecule has 2 rings (SSSR count). The van der Waals surface area contributed by atoms with Gasteiger partial charge in [0.1, 0.15) is 0 Å². The molecule has 0 aromatic rings. The molecule has 0 radical (unpaired) electrons. The fourth-order valence-corrected chi connectivity index (χ4v) is 2.92. The highest BCUT2D eigenvalue weighted by molar-refractivity contribution is 4.87. The lowest BCUT2D eigenvalue weighted by Crippen LogP contribution is -2.48. The Hall–Kier alpha value is -0.120. The van der Waals surface area contributed by atoms with Crippen molar-refractivity contribution in [3.8, 4) is 0 Å². The smallest absolute Gasteiger partial charge is 0.0786 e. The van der Waals surface area contributed by atoms with Crippen molar-refractivity contribution in [2.45, 2.75) is 37.7 Å². The van der Waals surface area contributed by atoms with E-state index in [1.165, 1.54) is 25.9 Å². The molecule has 15 heavy (non-hydrogen) atoms. The number of aliphatic hydroxyl groups is 1. The van der Waals surface area contributed by atoms with Gasteiger partial charge >= 0.3 is 0 Å². The highest BCUT2D eigenvalue weighted by Crippen LogP contribution is 2.24. The number of likely N-dealkylation sites (tertiary alicyclic amines) is 2. The molecule has 2 saturated heterocycles. The first-order valence-electron chi connectivity index (χ1n) is 6.31. The molecular formula is C12H24N2O. The summed E-state index contributed by atoms with van der Waals surface area (Å²) in [4.78, 5) is 4.75. The van der Waals surface area contributed by atoms with Gasteiger partial charge in [0, 0.05) is 13.1 Å². The van der Waals surface area contributed by atoms with Crippen LogP contribution in [0, 0.1) is 0 Å². The van der Waals surface area contributed by atoms with E-state index in [4.69, 9.17) is 0 Å². The van der Waals surface area contributed by atoms with Gasteiger partial charge in [0.15, 0.2) is 0 Å². The monoisotopic (exact) mass is 212 g/mol. The molecule has 0 amide bonds. The zero-order valence-corrected chi connectivity index (χ0v) is 9.91. The maximum Gasteiger partial charge on any atom is 0.0786 e. The Morgan fingerprint density at radius 1 is 1.13 bits per heavy atom. The minimum atomic E-state index is -0.407. The minimum Gasteiger partial charge on any atom is -0.389 e. The van der Waals surface area contributed by atoms with Gasteiger partial charge in [-0.2, -0.15) is 0 Å². The highest BCUT2D eigenvalue weighted by Gasteiger charge is 2.32. The van der Waals surface area contributed by atoms with Gasteiger partial charge in [-0.3, -0.25) is 0 Å². The normalized spacial score (nSPS) is 34.8. The van der Waals surface area contributed by atoms with Crippen LogP contribution in [0.5, 0.6) is 0 Å². The van der Waals surface area contributed by atoms with Crippen LogP contribution >= 0.6 is 0 Å². The Labute approximate surface area is 93.1 Å². The van der Waals surface area contributed by atoms with Gasteiger partial charge < -0.3 is 14.9 Å². The van der Waals surface area contributed by atoms with E-state index in [2.05, 4.69) is 16.8 Å². The number of likely N-dealkylation sites (N-methyl/N-ethyl adjacent to an activating group) is 1. The number of hydrogen-bond acceptors (Lipinski definition) is 3. The van der Waals surface area contributed by atoms with Crippen LogP contribution in [0.15, 0.2) is 0 Å². The molecule has 88 valence electrons. The average Bonchev–Trinajstić information content (AvgIpc) is 2.67. The van der Waals surface area contributed by atoms with Gasteiger partial charge in [-0.05, 0) is 58.8 Å². The molecule has 1 atom stereocenters. The SMILES string of the molecule is CN1CCCC(O)(CCN2CCCC2)C1. The maximum absolute atomic E-state index is 10.4. The first kappa shape index (κ1) is 11.4. The average molecular weight is 212 g/mol. The lowest BCUT2D eigenvalue weighted by molar-refractivity contribution is -0.0342. The lowest BCUT2D eigenvalue weighted by Gasteiger charge is -2.38. The molecule has 0 aliphatic carbocycles. The van der Waals surface area contributed by atoms with E-state index in [9.17, 15) is 5.11 Å². The van der Waals surface area contributed by atoms with Gasteiger partial charge in [0.05, 0.1) is 5.60 Å². The molecule has 2 aliphatic rings. The summed E-state index contributed by atoms with van der Waals surface area (Å²) in [7, 11) is 2.11. The Morgan fingerprint density at radius 2 is 1.87 bits per heavy atom. The van der Waals surface area contributed by atoms with E-state index in [0.717, 1.165) is 38.9 Å². The van der Waals surface area contributed by atoms with E-state index in [-0.39, 0.29) is 0 Å². The second-order valence-electron chi connectivity index (χ2n) is 5.36. The standard InChI is InChI=1S/C12H24N2O/c1-13-7-4-5-12(15,11-13)6-10-14-8-2-3-9-14/h15H,2-11H2,1H3. The molecule has 3 nitrogen and oxygen atoms in total. The summed E-state index contributed by atoms with van der Waals surface area (Å²) in [6.45, 7) is 5.58. The molecule has 3 heteroatoms. The van der Waals surface area contributed by atoms with Crippen molar-refractivity contribution in [1.29, 1.82) is 0 Å². The van der Waals surface area contributed by atoms with Gasteiger partial charge in [0.2, 0.25) is 0 Å². The summed E-state index contributed by atoms with van der Waals surface area (Å²) in [6, 6.07) is 0. The molecule has 0 aromatic carbocycles. The summed E-state index contributed by atoms with van der Waals surface area (Å²) < 4.78 is 0. The van der Waals surface area contributed by atoms with Crippen LogP contribution in [0.1, 0.15) is 32.1 Å². The number of rotatable bonds is 3. The first-order valence-corrected chi connectivity index (χ1v) is 6.31.